The van der Waals surface area contributed by atoms with Gasteiger partial charge in [0.2, 0.25) is 0 Å². The van der Waals surface area contributed by atoms with Crippen LogP contribution in [0.2, 0.25) is 0 Å². The highest BCUT2D eigenvalue weighted by Gasteiger charge is 2.26. The molecule has 1 fully saturated rings. The first-order valence-electron chi connectivity index (χ1n) is 19.6. The van der Waals surface area contributed by atoms with Gasteiger partial charge in [-0.3, -0.25) is 4.68 Å². The highest BCUT2D eigenvalue weighted by Crippen LogP contribution is 2.39. The van der Waals surface area contributed by atoms with Crippen LogP contribution in [0.4, 0.5) is 8.78 Å². The van der Waals surface area contributed by atoms with Gasteiger partial charge in [-0.15, -0.1) is 0 Å². The zero-order valence-electron chi connectivity index (χ0n) is 32.9. The quantitative estimate of drug-likeness (QED) is 0.0934. The van der Waals surface area contributed by atoms with Crippen LogP contribution in [0.3, 0.4) is 0 Å². The number of hydrogen-bond donors (Lipinski definition) is 0. The minimum atomic E-state index is -4.09. The smallest absolute Gasteiger partial charge is 0.268 e. The van der Waals surface area contributed by atoms with Crippen LogP contribution in [0.25, 0.3) is 22.2 Å². The van der Waals surface area contributed by atoms with E-state index in [1.807, 2.05) is 30.5 Å². The first-order chi connectivity index (χ1) is 28.9. The van der Waals surface area contributed by atoms with Crippen molar-refractivity contribution in [2.45, 2.75) is 68.7 Å². The number of ether oxygens (including phenoxy) is 3. The molecule has 0 N–H and O–H groups in total. The van der Waals surface area contributed by atoms with Gasteiger partial charge in [0.15, 0.2) is 17.9 Å². The second-order valence-electron chi connectivity index (χ2n) is 15.2. The van der Waals surface area contributed by atoms with Crippen molar-refractivity contribution in [1.82, 2.24) is 23.5 Å². The van der Waals surface area contributed by atoms with Gasteiger partial charge in [0, 0.05) is 58.7 Å². The normalized spacial score (nSPS) is 15.3. The molecular weight excluding hydrogens is 856 g/mol. The molecule has 3 aromatic heterocycles. The molecule has 2 atom stereocenters. The molecule has 0 saturated carbocycles. The van der Waals surface area contributed by atoms with Crippen molar-refractivity contribution in [2.75, 3.05) is 13.2 Å². The maximum absolute atomic E-state index is 16.6. The van der Waals surface area contributed by atoms with E-state index in [1.165, 1.54) is 36.5 Å². The van der Waals surface area contributed by atoms with E-state index in [9.17, 15) is 13.2 Å². The van der Waals surface area contributed by atoms with E-state index < -0.39 is 27.3 Å². The van der Waals surface area contributed by atoms with Crippen molar-refractivity contribution in [3.8, 4) is 22.8 Å². The molecule has 11 nitrogen and oxygen atoms in total. The summed E-state index contributed by atoms with van der Waals surface area (Å²) in [6.07, 6.45) is 10.6. The number of halogens is 3. The lowest BCUT2D eigenvalue weighted by Crippen LogP contribution is -2.27. The third kappa shape index (κ3) is 8.71. The van der Waals surface area contributed by atoms with E-state index >= 15 is 8.78 Å². The minimum Gasteiger partial charge on any atom is -0.454 e. The maximum atomic E-state index is 16.6. The molecule has 0 aliphatic carbocycles. The molecule has 8 rings (SSSR count). The van der Waals surface area contributed by atoms with Crippen molar-refractivity contribution < 1.29 is 36.2 Å². The van der Waals surface area contributed by atoms with Crippen LogP contribution in [0.5, 0.6) is 11.5 Å². The van der Waals surface area contributed by atoms with Gasteiger partial charge in [0.25, 0.3) is 10.0 Å². The van der Waals surface area contributed by atoms with Crippen molar-refractivity contribution in [3.63, 3.8) is 0 Å². The molecular formula is C45H42BrF2N5O6S. The van der Waals surface area contributed by atoms with Gasteiger partial charge in [0.05, 0.1) is 35.0 Å². The van der Waals surface area contributed by atoms with Crippen LogP contribution in [-0.4, -0.2) is 57.1 Å². The summed E-state index contributed by atoms with van der Waals surface area (Å²) >= 11 is 3.54. The lowest BCUT2D eigenvalue weighted by atomic mass is 10.0. The zero-order chi connectivity index (χ0) is 42.0. The fraction of sp³-hybridized carbons (Fsp3) is 0.267. The largest absolute Gasteiger partial charge is 0.454 e. The molecule has 4 heterocycles. The number of aldehydes is 1. The Morgan fingerprint density at radius 1 is 0.983 bits per heavy atom. The molecule has 2 unspecified atom stereocenters. The first-order valence-corrected chi connectivity index (χ1v) is 21.8. The summed E-state index contributed by atoms with van der Waals surface area (Å²) < 4.78 is 83.4. The second-order valence-corrected chi connectivity index (χ2v) is 17.9. The van der Waals surface area contributed by atoms with E-state index in [-0.39, 0.29) is 52.8 Å². The van der Waals surface area contributed by atoms with Crippen LogP contribution in [0, 0.1) is 11.6 Å². The van der Waals surface area contributed by atoms with Gasteiger partial charge < -0.3 is 19.0 Å². The van der Waals surface area contributed by atoms with Crippen LogP contribution in [0.1, 0.15) is 68.5 Å². The number of aromatic nitrogens is 5. The van der Waals surface area contributed by atoms with Crippen molar-refractivity contribution in [1.29, 1.82) is 0 Å². The molecule has 1 aliphatic heterocycles. The van der Waals surface area contributed by atoms with E-state index in [4.69, 9.17) is 19.3 Å². The summed E-state index contributed by atoms with van der Waals surface area (Å²) in [5, 5.41) is 9.78. The van der Waals surface area contributed by atoms with E-state index in [0.717, 1.165) is 51.2 Å². The van der Waals surface area contributed by atoms with Crippen molar-refractivity contribution in [2.24, 2.45) is 0 Å². The van der Waals surface area contributed by atoms with Gasteiger partial charge in [-0.2, -0.15) is 10.2 Å². The van der Waals surface area contributed by atoms with Gasteiger partial charge >= 0.3 is 0 Å². The molecule has 310 valence electrons. The second kappa shape index (κ2) is 17.2. The van der Waals surface area contributed by atoms with Crippen molar-refractivity contribution in [3.05, 3.63) is 149 Å². The van der Waals surface area contributed by atoms with Gasteiger partial charge in [-0.05, 0) is 105 Å². The van der Waals surface area contributed by atoms with Crippen molar-refractivity contribution >= 4 is 43.1 Å². The highest BCUT2D eigenvalue weighted by molar-refractivity contribution is 9.10. The summed E-state index contributed by atoms with van der Waals surface area (Å²) in [6, 6.07) is 23.9. The summed E-state index contributed by atoms with van der Waals surface area (Å²) in [5.41, 5.74) is 1.63. The molecule has 4 aromatic carbocycles. The van der Waals surface area contributed by atoms with Crippen LogP contribution in [-0.2, 0) is 30.7 Å². The fourth-order valence-electron chi connectivity index (χ4n) is 7.41. The van der Waals surface area contributed by atoms with Crippen LogP contribution < -0.4 is 4.74 Å². The number of rotatable bonds is 15. The SMILES string of the molecule is CC(C)(C=O)OCCC(c1cccc(Br)c1)n1ccc(-c2cc(Oc3c(F)cc4c(ccn4S(=O)(=O)c4ccccc4)c3Cc3cnn(C4CCCCO4)c3)ccc2F)n1. The van der Waals surface area contributed by atoms with Crippen LogP contribution in [0.15, 0.2) is 125 Å². The predicted octanol–water partition coefficient (Wildman–Crippen LogP) is 10.0. The molecule has 15 heteroatoms. The average Bonchev–Trinajstić information content (AvgIpc) is 4.03. The summed E-state index contributed by atoms with van der Waals surface area (Å²) in [4.78, 5) is 11.5. The third-order valence-electron chi connectivity index (χ3n) is 10.5. The number of fused-ring (bicyclic) bond motifs is 1. The lowest BCUT2D eigenvalue weighted by Gasteiger charge is -2.22. The standard InChI is InChI=1S/C45H42BrF2N5O6S/c1-45(2,29-54)58-22-18-41(31-9-8-10-32(46)24-31)51-19-17-40(50-51)37-25-33(14-15-38(37)47)59-44-36(23-30-27-49-52(28-30)43-13-6-7-21-57-43)35-16-20-53(42(35)26-39(44)48)60(55,56)34-11-4-3-5-12-34/h3-5,8-12,14-17,19-20,24-29,41,43H,6-7,13,18,21-23H2,1-2H3. The third-order valence-corrected chi connectivity index (χ3v) is 12.7. The number of hydrogen-bond acceptors (Lipinski definition) is 8. The number of carbonyl (C=O) groups excluding carboxylic acids is 1. The Kier molecular flexibility index (Phi) is 11.9. The highest BCUT2D eigenvalue weighted by atomic mass is 79.9. The number of nitrogens with zero attached hydrogens (tertiary/aromatic N) is 5. The number of benzene rings is 4. The Labute approximate surface area is 354 Å². The first kappa shape index (κ1) is 41.3. The van der Waals surface area contributed by atoms with Crippen LogP contribution >= 0.6 is 15.9 Å². The maximum Gasteiger partial charge on any atom is 0.268 e. The zero-order valence-corrected chi connectivity index (χ0v) is 35.3. The molecule has 1 saturated heterocycles. The Balaban J connectivity index is 1.15. The van der Waals surface area contributed by atoms with Gasteiger partial charge in [0.1, 0.15) is 23.4 Å². The van der Waals surface area contributed by atoms with E-state index in [2.05, 4.69) is 21.0 Å². The lowest BCUT2D eigenvalue weighted by molar-refractivity contribution is -0.127. The molecule has 0 amide bonds. The van der Waals surface area contributed by atoms with Gasteiger partial charge in [-0.25, -0.2) is 25.9 Å². The monoisotopic (exact) mass is 897 g/mol. The Bertz CT molecular complexity index is 2760. The molecule has 0 radical (unpaired) electrons. The van der Waals surface area contributed by atoms with E-state index in [1.54, 1.807) is 65.9 Å². The molecule has 7 aromatic rings. The molecule has 1 aliphatic rings. The summed E-state index contributed by atoms with van der Waals surface area (Å²) in [6.45, 7) is 4.27. The fourth-order valence-corrected chi connectivity index (χ4v) is 9.19. The Morgan fingerprint density at radius 2 is 1.82 bits per heavy atom. The molecule has 60 heavy (non-hydrogen) atoms. The summed E-state index contributed by atoms with van der Waals surface area (Å²) in [5.74, 6) is -1.39. The van der Waals surface area contributed by atoms with Gasteiger partial charge in [-0.1, -0.05) is 46.3 Å². The molecule has 0 bridgehead atoms. The Morgan fingerprint density at radius 3 is 2.58 bits per heavy atom. The molecule has 0 spiro atoms. The minimum absolute atomic E-state index is 0.0537. The Hall–Kier alpha value is -5.48. The average molecular weight is 899 g/mol. The number of carbonyl (C=O) groups is 1. The van der Waals surface area contributed by atoms with E-state index in [0.29, 0.717) is 29.7 Å². The summed E-state index contributed by atoms with van der Waals surface area (Å²) in [7, 11) is -4.09. The topological polar surface area (TPSA) is 119 Å². The predicted molar refractivity (Wildman–Crippen MR) is 225 cm³/mol.